The third kappa shape index (κ3) is 3.32. The molecule has 1 fully saturated rings. The molecule has 1 aliphatic heterocycles. The molecule has 5 heteroatoms. The van der Waals surface area contributed by atoms with E-state index < -0.39 is 0 Å². The van der Waals surface area contributed by atoms with Gasteiger partial charge in [-0.2, -0.15) is 11.8 Å². The van der Waals surface area contributed by atoms with Crippen molar-refractivity contribution in [2.45, 2.75) is 39.7 Å². The second kappa shape index (κ2) is 6.98. The summed E-state index contributed by atoms with van der Waals surface area (Å²) in [7, 11) is 0. The zero-order valence-electron chi connectivity index (χ0n) is 12.1. The molecule has 1 aromatic heterocycles. The minimum atomic E-state index is 0.554. The fourth-order valence-corrected chi connectivity index (χ4v) is 3.51. The zero-order valence-corrected chi connectivity index (χ0v) is 13.0. The van der Waals surface area contributed by atoms with Gasteiger partial charge in [-0.1, -0.05) is 13.3 Å². The van der Waals surface area contributed by atoms with Crippen LogP contribution in [0.15, 0.2) is 6.33 Å². The highest BCUT2D eigenvalue weighted by molar-refractivity contribution is 7.99. The summed E-state index contributed by atoms with van der Waals surface area (Å²) in [5.41, 5.74) is 1.28. The molecule has 0 radical (unpaired) electrons. The van der Waals surface area contributed by atoms with E-state index >= 15 is 0 Å². The van der Waals surface area contributed by atoms with E-state index in [-0.39, 0.29) is 0 Å². The number of hydrogen-bond donors (Lipinski definition) is 1. The Hall–Kier alpha value is -0.970. The molecule has 0 saturated carbocycles. The SMILES string of the molecule is CCCc1c(NCC)ncnc1N1CCSCC1C. The van der Waals surface area contributed by atoms with Crippen molar-refractivity contribution in [2.24, 2.45) is 0 Å². The Labute approximate surface area is 120 Å². The lowest BCUT2D eigenvalue weighted by Crippen LogP contribution is -2.41. The molecule has 0 spiro atoms. The molecule has 1 saturated heterocycles. The second-order valence-electron chi connectivity index (χ2n) is 4.92. The van der Waals surface area contributed by atoms with Crippen LogP contribution in [0.4, 0.5) is 11.6 Å². The molecular formula is C14H24N4S. The predicted octanol–water partition coefficient (Wildman–Crippen LogP) is 2.80. The van der Waals surface area contributed by atoms with E-state index in [4.69, 9.17) is 0 Å². The van der Waals surface area contributed by atoms with Gasteiger partial charge in [-0.05, 0) is 20.3 Å². The summed E-state index contributed by atoms with van der Waals surface area (Å²) in [6.45, 7) is 8.60. The summed E-state index contributed by atoms with van der Waals surface area (Å²) >= 11 is 2.03. The first-order valence-corrected chi connectivity index (χ1v) is 8.35. The maximum absolute atomic E-state index is 4.58. The fraction of sp³-hybridized carbons (Fsp3) is 0.714. The third-order valence-corrected chi connectivity index (χ3v) is 4.60. The minimum Gasteiger partial charge on any atom is -0.370 e. The Morgan fingerprint density at radius 3 is 2.95 bits per heavy atom. The molecule has 1 aromatic rings. The number of thioether (sulfide) groups is 1. The van der Waals surface area contributed by atoms with Crippen LogP contribution < -0.4 is 10.2 Å². The summed E-state index contributed by atoms with van der Waals surface area (Å²) in [6, 6.07) is 0.554. The maximum Gasteiger partial charge on any atom is 0.137 e. The van der Waals surface area contributed by atoms with Crippen molar-refractivity contribution in [3.05, 3.63) is 11.9 Å². The third-order valence-electron chi connectivity index (χ3n) is 3.41. The number of nitrogens with one attached hydrogen (secondary N) is 1. The minimum absolute atomic E-state index is 0.554. The van der Waals surface area contributed by atoms with Crippen LogP contribution >= 0.6 is 11.8 Å². The average molecular weight is 280 g/mol. The van der Waals surface area contributed by atoms with Gasteiger partial charge in [0.2, 0.25) is 0 Å². The smallest absolute Gasteiger partial charge is 0.137 e. The van der Waals surface area contributed by atoms with Crippen LogP contribution in [0.1, 0.15) is 32.8 Å². The summed E-state index contributed by atoms with van der Waals surface area (Å²) in [6.07, 6.45) is 3.85. The van der Waals surface area contributed by atoms with E-state index in [2.05, 4.69) is 41.0 Å². The summed E-state index contributed by atoms with van der Waals surface area (Å²) < 4.78 is 0. The Bertz CT molecular complexity index is 410. The molecule has 1 aliphatic rings. The van der Waals surface area contributed by atoms with E-state index in [9.17, 15) is 0 Å². The maximum atomic E-state index is 4.58. The lowest BCUT2D eigenvalue weighted by atomic mass is 10.1. The standard InChI is InChI=1S/C14H24N4S/c1-4-6-12-13(15-5-2)16-10-17-14(12)18-7-8-19-9-11(18)3/h10-11H,4-9H2,1-3H3,(H,15,16,17). The van der Waals surface area contributed by atoms with Gasteiger partial charge >= 0.3 is 0 Å². The van der Waals surface area contributed by atoms with Crippen molar-refractivity contribution in [1.29, 1.82) is 0 Å². The van der Waals surface area contributed by atoms with Gasteiger partial charge in [0.1, 0.15) is 18.0 Å². The first kappa shape index (κ1) is 14.4. The predicted molar refractivity (Wildman–Crippen MR) is 84.3 cm³/mol. The molecule has 0 bridgehead atoms. The molecule has 2 heterocycles. The Morgan fingerprint density at radius 1 is 1.42 bits per heavy atom. The quantitative estimate of drug-likeness (QED) is 0.898. The number of nitrogens with zero attached hydrogens (tertiary/aromatic N) is 3. The molecule has 1 N–H and O–H groups in total. The Kier molecular flexibility index (Phi) is 5.31. The van der Waals surface area contributed by atoms with Gasteiger partial charge in [0.05, 0.1) is 0 Å². The molecular weight excluding hydrogens is 256 g/mol. The highest BCUT2D eigenvalue weighted by atomic mass is 32.2. The Balaban J connectivity index is 2.34. The molecule has 4 nitrogen and oxygen atoms in total. The second-order valence-corrected chi connectivity index (χ2v) is 6.07. The van der Waals surface area contributed by atoms with Crippen molar-refractivity contribution in [3.8, 4) is 0 Å². The molecule has 2 rings (SSSR count). The first-order chi connectivity index (χ1) is 9.27. The molecule has 0 amide bonds. The molecule has 1 atom stereocenters. The van der Waals surface area contributed by atoms with Gasteiger partial charge in [-0.15, -0.1) is 0 Å². The monoisotopic (exact) mass is 280 g/mol. The largest absolute Gasteiger partial charge is 0.370 e. The average Bonchev–Trinajstić information content (AvgIpc) is 2.42. The van der Waals surface area contributed by atoms with Gasteiger partial charge in [-0.25, -0.2) is 9.97 Å². The van der Waals surface area contributed by atoms with Gasteiger partial charge in [0.25, 0.3) is 0 Å². The van der Waals surface area contributed by atoms with E-state index in [0.29, 0.717) is 6.04 Å². The van der Waals surface area contributed by atoms with E-state index in [0.717, 1.165) is 37.6 Å². The summed E-state index contributed by atoms with van der Waals surface area (Å²) in [5.74, 6) is 4.53. The van der Waals surface area contributed by atoms with Crippen LogP contribution in [0.2, 0.25) is 0 Å². The van der Waals surface area contributed by atoms with Crippen LogP contribution in [0.25, 0.3) is 0 Å². The summed E-state index contributed by atoms with van der Waals surface area (Å²) in [4.78, 5) is 11.4. The number of aromatic nitrogens is 2. The molecule has 0 aromatic carbocycles. The van der Waals surface area contributed by atoms with Crippen molar-refractivity contribution in [3.63, 3.8) is 0 Å². The lowest BCUT2D eigenvalue weighted by Gasteiger charge is -2.35. The molecule has 0 aliphatic carbocycles. The van der Waals surface area contributed by atoms with Crippen molar-refractivity contribution < 1.29 is 0 Å². The van der Waals surface area contributed by atoms with Crippen molar-refractivity contribution in [1.82, 2.24) is 9.97 Å². The highest BCUT2D eigenvalue weighted by Gasteiger charge is 2.23. The fourth-order valence-electron chi connectivity index (χ4n) is 2.49. The number of anilines is 2. The van der Waals surface area contributed by atoms with E-state index in [1.807, 2.05) is 11.8 Å². The normalized spacial score (nSPS) is 19.5. The van der Waals surface area contributed by atoms with Gasteiger partial charge in [-0.3, -0.25) is 0 Å². The van der Waals surface area contributed by atoms with Crippen LogP contribution in [0.5, 0.6) is 0 Å². The van der Waals surface area contributed by atoms with Crippen LogP contribution in [-0.4, -0.2) is 40.6 Å². The number of hydrogen-bond acceptors (Lipinski definition) is 5. The van der Waals surface area contributed by atoms with Crippen LogP contribution in [0.3, 0.4) is 0 Å². The van der Waals surface area contributed by atoms with Crippen LogP contribution in [0, 0.1) is 0 Å². The highest BCUT2D eigenvalue weighted by Crippen LogP contribution is 2.29. The van der Waals surface area contributed by atoms with Gasteiger partial charge in [0.15, 0.2) is 0 Å². The first-order valence-electron chi connectivity index (χ1n) is 7.20. The molecule has 1 unspecified atom stereocenters. The van der Waals surface area contributed by atoms with Crippen LogP contribution in [-0.2, 0) is 6.42 Å². The van der Waals surface area contributed by atoms with E-state index in [1.54, 1.807) is 6.33 Å². The molecule has 106 valence electrons. The molecule has 19 heavy (non-hydrogen) atoms. The van der Waals surface area contributed by atoms with Crippen molar-refractivity contribution >= 4 is 23.4 Å². The van der Waals surface area contributed by atoms with E-state index in [1.165, 1.54) is 17.1 Å². The van der Waals surface area contributed by atoms with Gasteiger partial charge in [0, 0.05) is 36.2 Å². The summed E-state index contributed by atoms with van der Waals surface area (Å²) in [5, 5.41) is 3.37. The topological polar surface area (TPSA) is 41.1 Å². The van der Waals surface area contributed by atoms with Gasteiger partial charge < -0.3 is 10.2 Å². The number of rotatable bonds is 5. The zero-order chi connectivity index (χ0) is 13.7. The lowest BCUT2D eigenvalue weighted by molar-refractivity contribution is 0.681. The Morgan fingerprint density at radius 2 is 2.26 bits per heavy atom. The van der Waals surface area contributed by atoms with Crippen molar-refractivity contribution in [2.75, 3.05) is 34.8 Å².